The molecule has 4 aliphatic carbocycles. The van der Waals surface area contributed by atoms with Crippen LogP contribution >= 0.6 is 11.3 Å². The molecule has 454 valence electrons. The number of anilines is 6. The van der Waals surface area contributed by atoms with Crippen molar-refractivity contribution in [3.8, 4) is 66.8 Å². The molecule has 0 saturated heterocycles. The Balaban J connectivity index is 0.860. The van der Waals surface area contributed by atoms with Crippen LogP contribution in [0.3, 0.4) is 0 Å². The van der Waals surface area contributed by atoms with Gasteiger partial charge in [-0.05, 0) is 206 Å². The average Bonchev–Trinajstić information content (AvgIpc) is 1.66. The maximum atomic E-state index is 2.57. The van der Waals surface area contributed by atoms with Gasteiger partial charge in [0, 0.05) is 81.3 Å². The average molecular weight is 1240 g/mol. The molecule has 14 aromatic carbocycles. The normalized spacial score (nSPS) is 15.1. The summed E-state index contributed by atoms with van der Waals surface area (Å²) in [5.74, 6) is 0. The van der Waals surface area contributed by atoms with Gasteiger partial charge >= 0.3 is 0 Å². The summed E-state index contributed by atoms with van der Waals surface area (Å²) >= 11 is 1.92. The monoisotopic (exact) mass is 1230 g/mol. The molecule has 1 aromatic heterocycles. The fraction of sp³-hybridized carbons (Fsp3) is 0.130. The summed E-state index contributed by atoms with van der Waals surface area (Å²) < 4.78 is 2.64. The van der Waals surface area contributed by atoms with E-state index >= 15 is 0 Å². The molecule has 19 rings (SSSR count). The highest BCUT2D eigenvalue weighted by Crippen LogP contribution is 2.57. The molecule has 95 heavy (non-hydrogen) atoms. The molecule has 0 N–H and O–H groups in total. The van der Waals surface area contributed by atoms with Crippen LogP contribution in [-0.4, -0.2) is 0 Å². The molecule has 0 saturated carbocycles. The molecule has 1 heterocycles. The number of fused-ring (bicyclic) bond motifs is 20. The van der Waals surface area contributed by atoms with Crippen molar-refractivity contribution in [3.63, 3.8) is 0 Å². The second-order valence-corrected chi connectivity index (χ2v) is 30.3. The lowest BCUT2D eigenvalue weighted by Gasteiger charge is -2.33. The van der Waals surface area contributed by atoms with Crippen molar-refractivity contribution in [3.05, 3.63) is 324 Å². The van der Waals surface area contributed by atoms with Crippen LogP contribution in [-0.2, 0) is 21.7 Å². The van der Waals surface area contributed by atoms with Crippen molar-refractivity contribution in [2.24, 2.45) is 0 Å². The van der Waals surface area contributed by atoms with Crippen LogP contribution in [0.2, 0.25) is 0 Å². The van der Waals surface area contributed by atoms with E-state index in [0.717, 1.165) is 45.3 Å². The number of hydrogen-bond donors (Lipinski definition) is 0. The quantitative estimate of drug-likeness (QED) is 0.140. The third-order valence-corrected chi connectivity index (χ3v) is 23.8. The Bertz CT molecular complexity index is 5380. The van der Waals surface area contributed by atoms with Crippen LogP contribution in [0.5, 0.6) is 0 Å². The van der Waals surface area contributed by atoms with Crippen LogP contribution in [0.25, 0.3) is 108 Å². The Morgan fingerprint density at radius 2 is 0.558 bits per heavy atom. The molecule has 0 unspecified atom stereocenters. The van der Waals surface area contributed by atoms with Crippen molar-refractivity contribution in [2.75, 3.05) is 9.80 Å². The minimum atomic E-state index is -0.220. The predicted molar refractivity (Wildman–Crippen MR) is 405 cm³/mol. The molecule has 0 radical (unpaired) electrons. The number of nitrogens with zero attached hydrogens (tertiary/aromatic N) is 2. The second-order valence-electron chi connectivity index (χ2n) is 29.2. The predicted octanol–water partition coefficient (Wildman–Crippen LogP) is 25.9. The Morgan fingerprint density at radius 3 is 0.979 bits per heavy atom. The highest BCUT2D eigenvalue weighted by Gasteiger charge is 2.41. The molecular weight excluding hydrogens is 1170 g/mol. The van der Waals surface area contributed by atoms with Crippen LogP contribution in [0.1, 0.15) is 99.9 Å². The van der Waals surface area contributed by atoms with Gasteiger partial charge in [-0.15, -0.1) is 11.3 Å². The van der Waals surface area contributed by atoms with E-state index in [9.17, 15) is 0 Å². The van der Waals surface area contributed by atoms with E-state index in [1.165, 1.54) is 142 Å². The van der Waals surface area contributed by atoms with E-state index in [1.807, 2.05) is 11.3 Å². The zero-order valence-electron chi connectivity index (χ0n) is 54.9. The van der Waals surface area contributed by atoms with Crippen LogP contribution in [0.4, 0.5) is 34.1 Å². The van der Waals surface area contributed by atoms with E-state index < -0.39 is 0 Å². The molecule has 0 fully saturated rings. The molecule has 0 bridgehead atoms. The largest absolute Gasteiger partial charge is 0.310 e. The molecule has 0 aliphatic heterocycles. The fourth-order valence-electron chi connectivity index (χ4n) is 17.7. The SMILES string of the molecule is CC1(C)c2ccccc2-c2ccc(N(c3cc(-c4cccc(-c5ccc6c(c5)sc5c7ccccc7c7ccccc7c65)c4)cc(N(c4ccc5c(c4)C(C)(C)c4ccccc4-5)c4ccc5c(c4)C(C)(C)c4ccccc4-5)c3)c3ccc4c(c3)C(C)(C)c3ccccc3-4)cc21. The minimum absolute atomic E-state index is 0.220. The standard InChI is InChI=1S/C92H70N2S/c1-89(2)78-32-17-13-26-67(78)71-42-37-59(51-82(71)89)93(60-38-43-72-68-27-14-18-33-79(68)90(3,4)83(72)52-60)63-47-58(56-23-21-22-55(46-56)57-36-41-77-86(49-57)95-88-76-31-12-10-25-66(76)65-24-9-11-30-75(65)87(77)88)48-64(50-63)94(61-39-44-73-69-28-15-19-34-80(69)91(5,6)84(73)53-61)62-40-45-74-70-29-16-20-35-81(70)92(7,8)85(74)54-62/h9-54H,1-8H3. The Morgan fingerprint density at radius 1 is 0.221 bits per heavy atom. The maximum absolute atomic E-state index is 2.57. The van der Waals surface area contributed by atoms with Gasteiger partial charge in [-0.2, -0.15) is 0 Å². The Labute approximate surface area is 560 Å². The highest BCUT2D eigenvalue weighted by atomic mass is 32.1. The molecule has 15 aromatic rings. The summed E-state index contributed by atoms with van der Waals surface area (Å²) in [4.78, 5) is 5.14. The lowest BCUT2D eigenvalue weighted by molar-refractivity contribution is 0.659. The molecule has 0 atom stereocenters. The summed E-state index contributed by atoms with van der Waals surface area (Å²) in [6, 6.07) is 107. The lowest BCUT2D eigenvalue weighted by atomic mass is 9.82. The summed E-state index contributed by atoms with van der Waals surface area (Å²) in [7, 11) is 0. The van der Waals surface area contributed by atoms with Gasteiger partial charge in [0.2, 0.25) is 0 Å². The first kappa shape index (κ1) is 56.0. The van der Waals surface area contributed by atoms with Gasteiger partial charge in [0.05, 0.1) is 0 Å². The van der Waals surface area contributed by atoms with Crippen molar-refractivity contribution in [1.29, 1.82) is 0 Å². The van der Waals surface area contributed by atoms with Crippen LogP contribution in [0, 0.1) is 0 Å². The number of benzene rings is 14. The number of thiophene rings is 1. The van der Waals surface area contributed by atoms with Crippen molar-refractivity contribution in [1.82, 2.24) is 0 Å². The Kier molecular flexibility index (Phi) is 11.8. The van der Waals surface area contributed by atoms with Gasteiger partial charge in [0.1, 0.15) is 0 Å². The van der Waals surface area contributed by atoms with E-state index in [1.54, 1.807) is 0 Å². The zero-order chi connectivity index (χ0) is 64.0. The second kappa shape index (κ2) is 20.0. The van der Waals surface area contributed by atoms with Crippen LogP contribution < -0.4 is 9.80 Å². The van der Waals surface area contributed by atoms with Crippen LogP contribution in [0.15, 0.2) is 279 Å². The van der Waals surface area contributed by atoms with Gasteiger partial charge in [0.25, 0.3) is 0 Å². The summed E-state index contributed by atoms with van der Waals surface area (Å²) in [6.07, 6.45) is 0. The fourth-order valence-corrected chi connectivity index (χ4v) is 19.0. The van der Waals surface area contributed by atoms with Gasteiger partial charge < -0.3 is 9.80 Å². The number of rotatable bonds is 8. The molecule has 4 aliphatic rings. The van der Waals surface area contributed by atoms with Crippen molar-refractivity contribution < 1.29 is 0 Å². The Hall–Kier alpha value is -10.6. The summed E-state index contributed by atoms with van der Waals surface area (Å²) in [5, 5.41) is 7.89. The van der Waals surface area contributed by atoms with Crippen molar-refractivity contribution in [2.45, 2.75) is 77.0 Å². The first-order valence-corrected chi connectivity index (χ1v) is 34.5. The maximum Gasteiger partial charge on any atom is 0.0488 e. The lowest BCUT2D eigenvalue weighted by Crippen LogP contribution is -2.19. The topological polar surface area (TPSA) is 6.48 Å². The van der Waals surface area contributed by atoms with E-state index in [4.69, 9.17) is 0 Å². The molecule has 0 amide bonds. The molecular formula is C92H70N2S. The molecule has 3 heteroatoms. The summed E-state index contributed by atoms with van der Waals surface area (Å²) in [5.41, 5.74) is 31.7. The first-order valence-electron chi connectivity index (χ1n) is 33.7. The highest BCUT2D eigenvalue weighted by molar-refractivity contribution is 7.27. The van der Waals surface area contributed by atoms with Gasteiger partial charge in [-0.1, -0.05) is 256 Å². The van der Waals surface area contributed by atoms with Gasteiger partial charge in [0.15, 0.2) is 0 Å². The van der Waals surface area contributed by atoms with E-state index in [2.05, 4.69) is 344 Å². The van der Waals surface area contributed by atoms with E-state index in [-0.39, 0.29) is 21.7 Å². The zero-order valence-corrected chi connectivity index (χ0v) is 55.7. The first-order chi connectivity index (χ1) is 46.1. The third kappa shape index (κ3) is 8.03. The van der Waals surface area contributed by atoms with Gasteiger partial charge in [-0.25, -0.2) is 0 Å². The minimum Gasteiger partial charge on any atom is -0.310 e. The molecule has 0 spiro atoms. The number of hydrogen-bond acceptors (Lipinski definition) is 3. The van der Waals surface area contributed by atoms with E-state index in [0.29, 0.717) is 0 Å². The smallest absolute Gasteiger partial charge is 0.0488 e. The third-order valence-electron chi connectivity index (χ3n) is 22.6. The summed E-state index contributed by atoms with van der Waals surface area (Å²) in [6.45, 7) is 19.2. The van der Waals surface area contributed by atoms with Gasteiger partial charge in [-0.3, -0.25) is 0 Å². The van der Waals surface area contributed by atoms with Crippen molar-refractivity contribution >= 4 is 87.2 Å². The molecule has 2 nitrogen and oxygen atoms in total.